The number of nitrogens with zero attached hydrogens (tertiary/aromatic N) is 3. The Morgan fingerprint density at radius 3 is 2.68 bits per heavy atom. The topological polar surface area (TPSA) is 118 Å². The van der Waals surface area contributed by atoms with Crippen molar-refractivity contribution >= 4 is 34.2 Å². The van der Waals surface area contributed by atoms with Crippen LogP contribution >= 0.6 is 11.6 Å². The minimum absolute atomic E-state index is 0.305. The summed E-state index contributed by atoms with van der Waals surface area (Å²) in [4.78, 5) is 20.0. The summed E-state index contributed by atoms with van der Waals surface area (Å²) in [6.45, 7) is 0. The number of fused-ring (bicyclic) bond motifs is 1. The minimum atomic E-state index is -0.548. The number of amides is 1. The Hall–Kier alpha value is -3.43. The van der Waals surface area contributed by atoms with Crippen molar-refractivity contribution in [2.75, 3.05) is 0 Å². The van der Waals surface area contributed by atoms with Gasteiger partial charge in [0.1, 0.15) is 0 Å². The first kappa shape index (κ1) is 16.4. The van der Waals surface area contributed by atoms with Crippen molar-refractivity contribution in [3.05, 3.63) is 64.8 Å². The van der Waals surface area contributed by atoms with E-state index in [9.17, 15) is 10.1 Å². The van der Waals surface area contributed by atoms with E-state index in [4.69, 9.17) is 23.1 Å². The molecule has 4 N–H and O–H groups in total. The van der Waals surface area contributed by atoms with Crippen LogP contribution in [0.5, 0.6) is 0 Å². The number of benzene rings is 2. The fourth-order valence-corrected chi connectivity index (χ4v) is 2.69. The zero-order chi connectivity index (χ0) is 18.0. The Balaban J connectivity index is 2.25. The van der Waals surface area contributed by atoms with Crippen LogP contribution in [0.3, 0.4) is 0 Å². The second-order valence-corrected chi connectivity index (χ2v) is 5.68. The van der Waals surface area contributed by atoms with Gasteiger partial charge in [-0.3, -0.25) is 9.78 Å². The van der Waals surface area contributed by atoms with Crippen LogP contribution < -0.4 is 11.5 Å². The number of halogens is 1. The van der Waals surface area contributed by atoms with Gasteiger partial charge in [-0.25, -0.2) is 0 Å². The molecule has 0 unspecified atom stereocenters. The lowest BCUT2D eigenvalue weighted by Gasteiger charge is -2.09. The SMILES string of the molecule is N#Cc1cc(Cl)ccc1-c1nccc2ccc(C(=O)N=C(N)N)cc12. The van der Waals surface area contributed by atoms with Crippen molar-refractivity contribution in [1.82, 2.24) is 4.98 Å². The lowest BCUT2D eigenvalue weighted by Crippen LogP contribution is -2.24. The van der Waals surface area contributed by atoms with E-state index in [1.807, 2.05) is 6.07 Å². The van der Waals surface area contributed by atoms with Crippen molar-refractivity contribution in [2.24, 2.45) is 16.5 Å². The van der Waals surface area contributed by atoms with Crippen LogP contribution in [0.4, 0.5) is 0 Å². The van der Waals surface area contributed by atoms with Gasteiger partial charge in [0.15, 0.2) is 5.96 Å². The van der Waals surface area contributed by atoms with E-state index < -0.39 is 5.91 Å². The fraction of sp³-hybridized carbons (Fsp3) is 0. The first-order valence-electron chi connectivity index (χ1n) is 7.22. The molecule has 2 aromatic carbocycles. The molecule has 3 aromatic rings. The third kappa shape index (κ3) is 3.27. The maximum atomic E-state index is 12.1. The molecule has 1 heterocycles. The van der Waals surface area contributed by atoms with E-state index in [0.29, 0.717) is 32.8 Å². The highest BCUT2D eigenvalue weighted by molar-refractivity contribution is 6.30. The molecule has 0 aliphatic carbocycles. The van der Waals surface area contributed by atoms with Crippen LogP contribution in [0.25, 0.3) is 22.0 Å². The molecule has 0 saturated carbocycles. The van der Waals surface area contributed by atoms with Crippen molar-refractivity contribution < 1.29 is 4.79 Å². The summed E-state index contributed by atoms with van der Waals surface area (Å²) in [6, 6.07) is 14.0. The highest BCUT2D eigenvalue weighted by Crippen LogP contribution is 2.31. The normalized spacial score (nSPS) is 10.2. The predicted octanol–water partition coefficient (Wildman–Crippen LogP) is 2.84. The fourth-order valence-electron chi connectivity index (χ4n) is 2.51. The zero-order valence-electron chi connectivity index (χ0n) is 12.9. The standard InChI is InChI=1S/C18H12ClN5O/c19-13-3-4-14(12(7-13)9-20)16-15-8-11(17(25)24-18(21)22)2-1-10(15)5-6-23-16/h1-8H,(H4,21,22,24,25). The average Bonchev–Trinajstić information content (AvgIpc) is 2.60. The Bertz CT molecular complexity index is 1060. The highest BCUT2D eigenvalue weighted by Gasteiger charge is 2.13. The number of aromatic nitrogens is 1. The molecule has 0 atom stereocenters. The first-order chi connectivity index (χ1) is 12.0. The molecule has 6 nitrogen and oxygen atoms in total. The van der Waals surface area contributed by atoms with Gasteiger partial charge >= 0.3 is 0 Å². The lowest BCUT2D eigenvalue weighted by molar-refractivity contribution is 0.100. The summed E-state index contributed by atoms with van der Waals surface area (Å²) in [6.07, 6.45) is 1.64. The summed E-state index contributed by atoms with van der Waals surface area (Å²) in [5, 5.41) is 11.4. The van der Waals surface area contributed by atoms with E-state index in [0.717, 1.165) is 5.39 Å². The molecular weight excluding hydrogens is 338 g/mol. The van der Waals surface area contributed by atoms with Crippen molar-refractivity contribution in [1.29, 1.82) is 5.26 Å². The second kappa shape index (κ2) is 6.59. The van der Waals surface area contributed by atoms with E-state index in [2.05, 4.69) is 16.0 Å². The predicted molar refractivity (Wildman–Crippen MR) is 97.0 cm³/mol. The molecule has 0 saturated heterocycles. The van der Waals surface area contributed by atoms with Crippen molar-refractivity contribution in [3.8, 4) is 17.3 Å². The number of nitriles is 1. The molecule has 122 valence electrons. The summed E-state index contributed by atoms with van der Waals surface area (Å²) < 4.78 is 0. The van der Waals surface area contributed by atoms with Crippen LogP contribution in [0.15, 0.2) is 53.7 Å². The van der Waals surface area contributed by atoms with E-state index in [1.165, 1.54) is 0 Å². The maximum Gasteiger partial charge on any atom is 0.280 e. The number of carbonyl (C=O) groups excluding carboxylic acids is 1. The molecule has 0 aliphatic heterocycles. The number of guanidine groups is 1. The van der Waals surface area contributed by atoms with Crippen LogP contribution in [-0.2, 0) is 0 Å². The first-order valence-corrected chi connectivity index (χ1v) is 7.60. The van der Waals surface area contributed by atoms with Crippen molar-refractivity contribution in [2.45, 2.75) is 0 Å². The van der Waals surface area contributed by atoms with E-state index in [1.54, 1.807) is 42.6 Å². The third-order valence-corrected chi connectivity index (χ3v) is 3.84. The number of aliphatic imine (C=N–C) groups is 1. The van der Waals surface area contributed by atoms with Gasteiger partial charge in [-0.05, 0) is 41.8 Å². The number of pyridine rings is 1. The summed E-state index contributed by atoms with van der Waals surface area (Å²) in [7, 11) is 0. The monoisotopic (exact) mass is 349 g/mol. The van der Waals surface area contributed by atoms with Crippen LogP contribution in [0.1, 0.15) is 15.9 Å². The van der Waals surface area contributed by atoms with Gasteiger partial charge in [0, 0.05) is 27.7 Å². The van der Waals surface area contributed by atoms with Gasteiger partial charge in [0.05, 0.1) is 17.3 Å². The van der Waals surface area contributed by atoms with E-state index >= 15 is 0 Å². The number of carbonyl (C=O) groups is 1. The van der Waals surface area contributed by atoms with Gasteiger partial charge in [0.25, 0.3) is 5.91 Å². The number of hydrogen-bond donors (Lipinski definition) is 2. The molecule has 1 amide bonds. The Labute approximate surface area is 148 Å². The van der Waals surface area contributed by atoms with Crippen molar-refractivity contribution in [3.63, 3.8) is 0 Å². The third-order valence-electron chi connectivity index (χ3n) is 3.60. The van der Waals surface area contributed by atoms with Crippen LogP contribution in [0, 0.1) is 11.3 Å². The highest BCUT2D eigenvalue weighted by atomic mass is 35.5. The average molecular weight is 350 g/mol. The van der Waals surface area contributed by atoms with Crippen LogP contribution in [-0.4, -0.2) is 16.9 Å². The Kier molecular flexibility index (Phi) is 4.33. The molecular formula is C18H12ClN5O. The molecule has 3 rings (SSSR count). The number of hydrogen-bond acceptors (Lipinski definition) is 3. The molecule has 0 radical (unpaired) electrons. The van der Waals surface area contributed by atoms with Crippen LogP contribution in [0.2, 0.25) is 5.02 Å². The quantitative estimate of drug-likeness (QED) is 0.544. The molecule has 7 heteroatoms. The molecule has 0 spiro atoms. The zero-order valence-corrected chi connectivity index (χ0v) is 13.7. The molecule has 0 aliphatic rings. The maximum absolute atomic E-state index is 12.1. The molecule has 0 bridgehead atoms. The molecule has 0 fully saturated rings. The number of nitrogens with two attached hydrogens (primary N) is 2. The Morgan fingerprint density at radius 1 is 1.16 bits per heavy atom. The Morgan fingerprint density at radius 2 is 1.96 bits per heavy atom. The van der Waals surface area contributed by atoms with Gasteiger partial charge < -0.3 is 11.5 Å². The van der Waals surface area contributed by atoms with Gasteiger partial charge in [-0.1, -0.05) is 17.7 Å². The summed E-state index contributed by atoms with van der Waals surface area (Å²) in [5.74, 6) is -0.853. The summed E-state index contributed by atoms with van der Waals surface area (Å²) >= 11 is 5.96. The minimum Gasteiger partial charge on any atom is -0.370 e. The largest absolute Gasteiger partial charge is 0.370 e. The van der Waals surface area contributed by atoms with Gasteiger partial charge in [0.2, 0.25) is 0 Å². The second-order valence-electron chi connectivity index (χ2n) is 5.24. The lowest BCUT2D eigenvalue weighted by atomic mass is 9.98. The summed E-state index contributed by atoms with van der Waals surface area (Å²) in [5.41, 5.74) is 12.4. The molecule has 1 aromatic heterocycles. The number of rotatable bonds is 2. The van der Waals surface area contributed by atoms with E-state index in [-0.39, 0.29) is 5.96 Å². The van der Waals surface area contributed by atoms with Gasteiger partial charge in [-0.2, -0.15) is 10.3 Å². The smallest absolute Gasteiger partial charge is 0.280 e. The van der Waals surface area contributed by atoms with Gasteiger partial charge in [-0.15, -0.1) is 0 Å². The molecule has 25 heavy (non-hydrogen) atoms.